The van der Waals surface area contributed by atoms with Crippen molar-refractivity contribution in [2.24, 2.45) is 0 Å². The number of rotatable bonds is 6. The number of hydrogen-bond donors (Lipinski definition) is 0. The maximum Gasteiger partial charge on any atom is 0.417 e. The first kappa shape index (κ1) is 23.2. The third-order valence-electron chi connectivity index (χ3n) is 5.32. The zero-order chi connectivity index (χ0) is 23.6. The molecule has 0 N–H and O–H groups in total. The molecule has 0 amide bonds. The van der Waals surface area contributed by atoms with Crippen molar-refractivity contribution in [3.8, 4) is 17.1 Å². The maximum atomic E-state index is 13.3. The van der Waals surface area contributed by atoms with Gasteiger partial charge in [0.1, 0.15) is 5.75 Å². The van der Waals surface area contributed by atoms with Crippen LogP contribution >= 0.6 is 0 Å². The monoisotopic (exact) mass is 482 g/mol. The van der Waals surface area contributed by atoms with Crippen molar-refractivity contribution in [2.75, 3.05) is 33.3 Å². The van der Waals surface area contributed by atoms with Crippen molar-refractivity contribution >= 4 is 10.0 Å². The molecule has 1 saturated heterocycles. The Balaban J connectivity index is 1.43. The standard InChI is InChI=1S/C21H21F3N4O4S/c1-31-17-8-4-2-6-15(17)20-25-19(32-26-20)14-27-10-12-28(13-11-27)33(29,30)18-9-5-3-7-16(18)21(22,23)24/h2-9H,10-14H2,1H3. The lowest BCUT2D eigenvalue weighted by atomic mass is 10.2. The fourth-order valence-corrected chi connectivity index (χ4v) is 5.28. The number of halogens is 3. The van der Waals surface area contributed by atoms with Crippen molar-refractivity contribution in [2.45, 2.75) is 17.6 Å². The average Bonchev–Trinajstić information content (AvgIpc) is 3.27. The van der Waals surface area contributed by atoms with Gasteiger partial charge in [-0.05, 0) is 24.3 Å². The minimum atomic E-state index is -4.76. The van der Waals surface area contributed by atoms with Crippen molar-refractivity contribution in [1.29, 1.82) is 0 Å². The van der Waals surface area contributed by atoms with Crippen LogP contribution in [-0.4, -0.2) is 61.1 Å². The van der Waals surface area contributed by atoms with E-state index >= 15 is 0 Å². The molecule has 176 valence electrons. The molecule has 2 aromatic carbocycles. The van der Waals surface area contributed by atoms with Gasteiger partial charge in [0.05, 0.1) is 29.7 Å². The molecule has 8 nitrogen and oxygen atoms in total. The van der Waals surface area contributed by atoms with Gasteiger partial charge >= 0.3 is 6.18 Å². The number of piperazine rings is 1. The average molecular weight is 482 g/mol. The summed E-state index contributed by atoms with van der Waals surface area (Å²) >= 11 is 0. The summed E-state index contributed by atoms with van der Waals surface area (Å²) in [6.07, 6.45) is -4.76. The van der Waals surface area contributed by atoms with Crippen molar-refractivity contribution in [3.63, 3.8) is 0 Å². The van der Waals surface area contributed by atoms with Gasteiger partial charge in [0.25, 0.3) is 0 Å². The molecule has 1 fully saturated rings. The van der Waals surface area contributed by atoms with Gasteiger partial charge in [0.2, 0.25) is 21.7 Å². The second-order valence-electron chi connectivity index (χ2n) is 7.39. The molecule has 12 heteroatoms. The number of sulfonamides is 1. The number of hydrogen-bond acceptors (Lipinski definition) is 7. The molecule has 1 aromatic heterocycles. The molecule has 1 aliphatic rings. The second kappa shape index (κ2) is 9.12. The van der Waals surface area contributed by atoms with Crippen LogP contribution in [0.25, 0.3) is 11.4 Å². The zero-order valence-corrected chi connectivity index (χ0v) is 18.4. The molecule has 0 aliphatic carbocycles. The second-order valence-corrected chi connectivity index (χ2v) is 9.29. The number of aromatic nitrogens is 2. The molecule has 2 heterocycles. The predicted molar refractivity (Wildman–Crippen MR) is 112 cm³/mol. The van der Waals surface area contributed by atoms with E-state index in [0.29, 0.717) is 36.1 Å². The van der Waals surface area contributed by atoms with E-state index < -0.39 is 26.7 Å². The smallest absolute Gasteiger partial charge is 0.417 e. The summed E-state index contributed by atoms with van der Waals surface area (Å²) in [6, 6.07) is 11.4. The highest BCUT2D eigenvalue weighted by atomic mass is 32.2. The Morgan fingerprint density at radius 3 is 2.39 bits per heavy atom. The summed E-state index contributed by atoms with van der Waals surface area (Å²) in [4.78, 5) is 5.55. The van der Waals surface area contributed by atoms with Gasteiger partial charge in [-0.25, -0.2) is 8.42 Å². The van der Waals surface area contributed by atoms with Crippen molar-refractivity contribution in [1.82, 2.24) is 19.3 Å². The van der Waals surface area contributed by atoms with E-state index in [0.717, 1.165) is 16.4 Å². The molecule has 1 aliphatic heterocycles. The van der Waals surface area contributed by atoms with Crippen LogP contribution in [-0.2, 0) is 22.7 Å². The van der Waals surface area contributed by atoms with Gasteiger partial charge in [-0.1, -0.05) is 29.4 Å². The van der Waals surface area contributed by atoms with E-state index in [4.69, 9.17) is 9.26 Å². The van der Waals surface area contributed by atoms with E-state index in [9.17, 15) is 21.6 Å². The topological polar surface area (TPSA) is 88.8 Å². The van der Waals surface area contributed by atoms with E-state index in [2.05, 4.69) is 10.1 Å². The first-order chi connectivity index (χ1) is 15.7. The number of alkyl halides is 3. The van der Waals surface area contributed by atoms with Crippen LogP contribution in [0.1, 0.15) is 11.5 Å². The fourth-order valence-electron chi connectivity index (χ4n) is 3.64. The molecule has 0 unspecified atom stereocenters. The normalized spacial score (nSPS) is 16.1. The van der Waals surface area contributed by atoms with Gasteiger partial charge in [0.15, 0.2) is 0 Å². The third kappa shape index (κ3) is 4.87. The summed E-state index contributed by atoms with van der Waals surface area (Å²) in [6.45, 7) is 0.985. The highest BCUT2D eigenvalue weighted by Crippen LogP contribution is 2.35. The van der Waals surface area contributed by atoms with Crippen LogP contribution in [0, 0.1) is 0 Å². The van der Waals surface area contributed by atoms with Crippen molar-refractivity contribution < 1.29 is 30.8 Å². The van der Waals surface area contributed by atoms with Gasteiger partial charge in [0, 0.05) is 26.2 Å². The van der Waals surface area contributed by atoms with E-state index in [1.165, 1.54) is 12.1 Å². The van der Waals surface area contributed by atoms with Crippen LogP contribution in [0.5, 0.6) is 5.75 Å². The number of benzene rings is 2. The Bertz CT molecular complexity index is 1220. The zero-order valence-electron chi connectivity index (χ0n) is 17.6. The SMILES string of the molecule is COc1ccccc1-c1noc(CN2CCN(S(=O)(=O)c3ccccc3C(F)(F)F)CC2)n1. The Morgan fingerprint density at radius 1 is 1.03 bits per heavy atom. The first-order valence-corrected chi connectivity index (χ1v) is 11.5. The molecule has 0 bridgehead atoms. The van der Waals surface area contributed by atoms with Gasteiger partial charge in [-0.3, -0.25) is 4.90 Å². The molecule has 0 saturated carbocycles. The highest BCUT2D eigenvalue weighted by Gasteiger charge is 2.39. The molecular formula is C21H21F3N4O4S. The van der Waals surface area contributed by atoms with Gasteiger partial charge in [-0.2, -0.15) is 22.5 Å². The Hall–Kier alpha value is -2.96. The summed E-state index contributed by atoms with van der Waals surface area (Å²) < 4.78 is 77.4. The van der Waals surface area contributed by atoms with E-state index in [1.54, 1.807) is 19.2 Å². The number of methoxy groups -OCH3 is 1. The van der Waals surface area contributed by atoms with Crippen LogP contribution in [0.4, 0.5) is 13.2 Å². The highest BCUT2D eigenvalue weighted by molar-refractivity contribution is 7.89. The van der Waals surface area contributed by atoms with E-state index in [1.807, 2.05) is 17.0 Å². The van der Waals surface area contributed by atoms with Gasteiger partial charge in [-0.15, -0.1) is 0 Å². The van der Waals surface area contributed by atoms with Crippen LogP contribution < -0.4 is 4.74 Å². The predicted octanol–water partition coefficient (Wildman–Crippen LogP) is 3.27. The molecular weight excluding hydrogens is 461 g/mol. The fraction of sp³-hybridized carbons (Fsp3) is 0.333. The lowest BCUT2D eigenvalue weighted by Crippen LogP contribution is -2.48. The minimum Gasteiger partial charge on any atom is -0.496 e. The lowest BCUT2D eigenvalue weighted by molar-refractivity contribution is -0.139. The lowest BCUT2D eigenvalue weighted by Gasteiger charge is -2.33. The maximum absolute atomic E-state index is 13.3. The Labute approximate surface area is 188 Å². The summed E-state index contributed by atoms with van der Waals surface area (Å²) in [7, 11) is -2.75. The Kier molecular flexibility index (Phi) is 6.41. The number of ether oxygens (including phenoxy) is 1. The summed E-state index contributed by atoms with van der Waals surface area (Å²) in [5.41, 5.74) is -0.489. The minimum absolute atomic E-state index is 0.0437. The third-order valence-corrected chi connectivity index (χ3v) is 7.27. The van der Waals surface area contributed by atoms with Gasteiger partial charge < -0.3 is 9.26 Å². The first-order valence-electron chi connectivity index (χ1n) is 10.0. The summed E-state index contributed by atoms with van der Waals surface area (Å²) in [5, 5.41) is 3.98. The molecule has 33 heavy (non-hydrogen) atoms. The Morgan fingerprint density at radius 2 is 1.70 bits per heavy atom. The van der Waals surface area contributed by atoms with Crippen LogP contribution in [0.2, 0.25) is 0 Å². The molecule has 0 spiro atoms. The number of para-hydroxylation sites is 1. The van der Waals surface area contributed by atoms with E-state index in [-0.39, 0.29) is 19.6 Å². The molecule has 0 atom stereocenters. The quantitative estimate of drug-likeness (QED) is 0.533. The van der Waals surface area contributed by atoms with Crippen molar-refractivity contribution in [3.05, 3.63) is 60.0 Å². The van der Waals surface area contributed by atoms with Crippen LogP contribution in [0.15, 0.2) is 57.9 Å². The number of nitrogens with zero attached hydrogens (tertiary/aromatic N) is 4. The summed E-state index contributed by atoms with van der Waals surface area (Å²) in [5.74, 6) is 1.31. The van der Waals surface area contributed by atoms with Crippen LogP contribution in [0.3, 0.4) is 0 Å². The molecule has 0 radical (unpaired) electrons. The molecule has 4 rings (SSSR count). The molecule has 3 aromatic rings. The largest absolute Gasteiger partial charge is 0.496 e.